The second-order valence-corrected chi connectivity index (χ2v) is 7.41. The standard InChI is InChI=1S/C17H22N2OS/c1-12-18-15(11-21-12)10-19(5)16(20)13-6-8-14(9-7-13)17(2,3)4/h6-9,11H,10H2,1-5H3. The summed E-state index contributed by atoms with van der Waals surface area (Å²) in [4.78, 5) is 18.5. The monoisotopic (exact) mass is 302 g/mol. The van der Waals surface area contributed by atoms with Crippen LogP contribution in [0.1, 0.15) is 47.4 Å². The molecule has 0 fully saturated rings. The molecule has 2 aromatic rings. The molecule has 1 heterocycles. The second-order valence-electron chi connectivity index (χ2n) is 6.35. The normalized spacial score (nSPS) is 11.5. The van der Waals surface area contributed by atoms with Crippen LogP contribution in [-0.2, 0) is 12.0 Å². The predicted octanol–water partition coefficient (Wildman–Crippen LogP) is 4.02. The van der Waals surface area contributed by atoms with E-state index in [1.165, 1.54) is 5.56 Å². The second kappa shape index (κ2) is 5.98. The Balaban J connectivity index is 2.08. The first kappa shape index (κ1) is 15.7. The number of hydrogen-bond donors (Lipinski definition) is 0. The van der Waals surface area contributed by atoms with Crippen LogP contribution in [0.4, 0.5) is 0 Å². The first-order valence-electron chi connectivity index (χ1n) is 7.04. The van der Waals surface area contributed by atoms with E-state index in [-0.39, 0.29) is 11.3 Å². The zero-order valence-electron chi connectivity index (χ0n) is 13.3. The summed E-state index contributed by atoms with van der Waals surface area (Å²) in [7, 11) is 1.81. The van der Waals surface area contributed by atoms with Crippen LogP contribution in [0.3, 0.4) is 0 Å². The molecule has 0 saturated heterocycles. The molecule has 2 rings (SSSR count). The fourth-order valence-corrected chi connectivity index (χ4v) is 2.73. The molecule has 0 saturated carbocycles. The predicted molar refractivity (Wildman–Crippen MR) is 87.8 cm³/mol. The van der Waals surface area contributed by atoms with Crippen molar-refractivity contribution in [3.05, 3.63) is 51.5 Å². The van der Waals surface area contributed by atoms with Gasteiger partial charge >= 0.3 is 0 Å². The molecule has 0 aliphatic heterocycles. The van der Waals surface area contributed by atoms with Crippen molar-refractivity contribution in [2.24, 2.45) is 0 Å². The van der Waals surface area contributed by atoms with Crippen molar-refractivity contribution in [1.29, 1.82) is 0 Å². The minimum Gasteiger partial charge on any atom is -0.336 e. The molecule has 0 N–H and O–H groups in total. The van der Waals surface area contributed by atoms with Gasteiger partial charge in [0.1, 0.15) is 0 Å². The highest BCUT2D eigenvalue weighted by atomic mass is 32.1. The summed E-state index contributed by atoms with van der Waals surface area (Å²) in [5.74, 6) is 0.0288. The van der Waals surface area contributed by atoms with Crippen LogP contribution in [-0.4, -0.2) is 22.8 Å². The number of aromatic nitrogens is 1. The molecule has 1 aromatic heterocycles. The van der Waals surface area contributed by atoms with Gasteiger partial charge in [-0.25, -0.2) is 4.98 Å². The van der Waals surface area contributed by atoms with Gasteiger partial charge < -0.3 is 4.90 Å². The van der Waals surface area contributed by atoms with Gasteiger partial charge in [-0.05, 0) is 30.0 Å². The van der Waals surface area contributed by atoms with Crippen LogP contribution in [0.5, 0.6) is 0 Å². The number of nitrogens with zero attached hydrogens (tertiary/aromatic N) is 2. The van der Waals surface area contributed by atoms with E-state index in [1.54, 1.807) is 16.2 Å². The van der Waals surface area contributed by atoms with Crippen molar-refractivity contribution in [2.75, 3.05) is 7.05 Å². The van der Waals surface area contributed by atoms with E-state index in [0.717, 1.165) is 16.3 Å². The quantitative estimate of drug-likeness (QED) is 0.858. The van der Waals surface area contributed by atoms with E-state index in [0.29, 0.717) is 6.54 Å². The number of carbonyl (C=O) groups is 1. The number of thiazole rings is 1. The summed E-state index contributed by atoms with van der Waals surface area (Å²) in [6.07, 6.45) is 0. The third-order valence-electron chi connectivity index (χ3n) is 3.41. The van der Waals surface area contributed by atoms with Gasteiger partial charge in [0.15, 0.2) is 0 Å². The minimum atomic E-state index is 0.0288. The number of benzene rings is 1. The van der Waals surface area contributed by atoms with Crippen LogP contribution >= 0.6 is 11.3 Å². The Morgan fingerprint density at radius 1 is 1.24 bits per heavy atom. The lowest BCUT2D eigenvalue weighted by molar-refractivity contribution is 0.0783. The van der Waals surface area contributed by atoms with E-state index in [4.69, 9.17) is 0 Å². The molecule has 112 valence electrons. The van der Waals surface area contributed by atoms with Crippen LogP contribution in [0.2, 0.25) is 0 Å². The molecule has 0 unspecified atom stereocenters. The smallest absolute Gasteiger partial charge is 0.253 e. The van der Waals surface area contributed by atoms with Gasteiger partial charge in [0, 0.05) is 18.0 Å². The molecule has 0 aliphatic rings. The molecule has 0 bridgehead atoms. The average Bonchev–Trinajstić information content (AvgIpc) is 2.82. The summed E-state index contributed by atoms with van der Waals surface area (Å²) in [5.41, 5.74) is 3.00. The maximum absolute atomic E-state index is 12.4. The van der Waals surface area contributed by atoms with E-state index < -0.39 is 0 Å². The molecule has 21 heavy (non-hydrogen) atoms. The van der Waals surface area contributed by atoms with Gasteiger partial charge in [-0.1, -0.05) is 32.9 Å². The number of hydrogen-bond acceptors (Lipinski definition) is 3. The summed E-state index contributed by atoms with van der Waals surface area (Å²) in [6, 6.07) is 7.89. The lowest BCUT2D eigenvalue weighted by Crippen LogP contribution is -2.26. The Hall–Kier alpha value is -1.68. The number of carbonyl (C=O) groups excluding carboxylic acids is 1. The maximum atomic E-state index is 12.4. The Morgan fingerprint density at radius 2 is 1.86 bits per heavy atom. The van der Waals surface area contributed by atoms with Gasteiger partial charge in [-0.2, -0.15) is 0 Å². The van der Waals surface area contributed by atoms with E-state index in [2.05, 4.69) is 25.8 Å². The van der Waals surface area contributed by atoms with Crippen molar-refractivity contribution in [3.63, 3.8) is 0 Å². The Bertz CT molecular complexity index is 623. The van der Waals surface area contributed by atoms with Crippen molar-refractivity contribution >= 4 is 17.2 Å². The zero-order chi connectivity index (χ0) is 15.6. The van der Waals surface area contributed by atoms with Crippen molar-refractivity contribution in [1.82, 2.24) is 9.88 Å². The molecule has 1 aromatic carbocycles. The fourth-order valence-electron chi connectivity index (χ4n) is 2.13. The third kappa shape index (κ3) is 3.91. The highest BCUT2D eigenvalue weighted by molar-refractivity contribution is 7.09. The van der Waals surface area contributed by atoms with E-state index in [1.807, 2.05) is 43.6 Å². The number of aryl methyl sites for hydroxylation is 1. The molecule has 0 atom stereocenters. The summed E-state index contributed by atoms with van der Waals surface area (Å²) in [6.45, 7) is 9.02. The first-order chi connectivity index (χ1) is 9.77. The van der Waals surface area contributed by atoms with Crippen molar-refractivity contribution in [2.45, 2.75) is 39.7 Å². The Morgan fingerprint density at radius 3 is 2.33 bits per heavy atom. The average molecular weight is 302 g/mol. The third-order valence-corrected chi connectivity index (χ3v) is 4.23. The number of rotatable bonds is 3. The molecule has 4 heteroatoms. The van der Waals surface area contributed by atoms with Crippen LogP contribution in [0.25, 0.3) is 0 Å². The van der Waals surface area contributed by atoms with Crippen LogP contribution < -0.4 is 0 Å². The maximum Gasteiger partial charge on any atom is 0.253 e. The molecule has 1 amide bonds. The van der Waals surface area contributed by atoms with Crippen LogP contribution in [0.15, 0.2) is 29.6 Å². The Kier molecular flexibility index (Phi) is 4.47. The molecular weight excluding hydrogens is 280 g/mol. The molecule has 0 spiro atoms. The van der Waals surface area contributed by atoms with Gasteiger partial charge in [-0.15, -0.1) is 11.3 Å². The van der Waals surface area contributed by atoms with E-state index >= 15 is 0 Å². The van der Waals surface area contributed by atoms with Gasteiger partial charge in [0.05, 0.1) is 17.2 Å². The SMILES string of the molecule is Cc1nc(CN(C)C(=O)c2ccc(C(C)(C)C)cc2)cs1. The van der Waals surface area contributed by atoms with Crippen molar-refractivity contribution < 1.29 is 4.79 Å². The summed E-state index contributed by atoms with van der Waals surface area (Å²) < 4.78 is 0. The lowest BCUT2D eigenvalue weighted by Gasteiger charge is -2.20. The zero-order valence-corrected chi connectivity index (χ0v) is 14.1. The largest absolute Gasteiger partial charge is 0.336 e. The topological polar surface area (TPSA) is 33.2 Å². The highest BCUT2D eigenvalue weighted by Gasteiger charge is 2.16. The summed E-state index contributed by atoms with van der Waals surface area (Å²) in [5, 5.41) is 3.03. The van der Waals surface area contributed by atoms with Crippen molar-refractivity contribution in [3.8, 4) is 0 Å². The first-order valence-corrected chi connectivity index (χ1v) is 7.92. The molecular formula is C17H22N2OS. The fraction of sp³-hybridized carbons (Fsp3) is 0.412. The van der Waals surface area contributed by atoms with Crippen LogP contribution in [0, 0.1) is 6.92 Å². The lowest BCUT2D eigenvalue weighted by atomic mass is 9.86. The van der Waals surface area contributed by atoms with Gasteiger partial charge in [-0.3, -0.25) is 4.79 Å². The molecule has 0 aliphatic carbocycles. The van der Waals surface area contributed by atoms with Gasteiger partial charge in [0.2, 0.25) is 0 Å². The number of amides is 1. The minimum absolute atomic E-state index is 0.0288. The molecule has 0 radical (unpaired) electrons. The summed E-state index contributed by atoms with van der Waals surface area (Å²) >= 11 is 1.61. The molecule has 3 nitrogen and oxygen atoms in total. The van der Waals surface area contributed by atoms with Gasteiger partial charge in [0.25, 0.3) is 5.91 Å². The highest BCUT2D eigenvalue weighted by Crippen LogP contribution is 2.22. The van der Waals surface area contributed by atoms with E-state index in [9.17, 15) is 4.79 Å². The Labute approximate surface area is 130 Å².